The number of rotatable bonds is 2. The van der Waals surface area contributed by atoms with E-state index in [1.807, 2.05) is 29.9 Å². The fraction of sp³-hybridized carbons (Fsp3) is 0.333. The first-order valence-electron chi connectivity index (χ1n) is 6.80. The lowest BCUT2D eigenvalue weighted by Crippen LogP contribution is -2.10. The summed E-state index contributed by atoms with van der Waals surface area (Å²) in [4.78, 5) is 8.09. The molecule has 0 saturated heterocycles. The highest BCUT2D eigenvalue weighted by Gasteiger charge is 2.26. The lowest BCUT2D eigenvalue weighted by molar-refractivity contribution is 0.408. The van der Waals surface area contributed by atoms with Gasteiger partial charge in [0.1, 0.15) is 5.82 Å². The zero-order valence-electron chi connectivity index (χ0n) is 10.9. The van der Waals surface area contributed by atoms with Crippen LogP contribution in [0, 0.1) is 0 Å². The van der Waals surface area contributed by atoms with E-state index in [1.165, 1.54) is 25.0 Å². The summed E-state index contributed by atoms with van der Waals surface area (Å²) in [5.74, 6) is 1.56. The van der Waals surface area contributed by atoms with E-state index >= 15 is 0 Å². The Hall–Kier alpha value is -2.10. The van der Waals surface area contributed by atoms with Gasteiger partial charge in [-0.2, -0.15) is 5.10 Å². The number of fused-ring (bicyclic) bond motifs is 1. The van der Waals surface area contributed by atoms with Crippen LogP contribution < -0.4 is 0 Å². The summed E-state index contributed by atoms with van der Waals surface area (Å²) < 4.78 is 1.90. The van der Waals surface area contributed by atoms with Crippen LogP contribution in [-0.4, -0.2) is 19.7 Å². The van der Waals surface area contributed by atoms with Crippen LogP contribution in [-0.2, 0) is 7.05 Å². The Morgan fingerprint density at radius 1 is 1.26 bits per heavy atom. The van der Waals surface area contributed by atoms with Crippen molar-refractivity contribution in [3.8, 4) is 11.4 Å². The maximum Gasteiger partial charge on any atom is 0.141 e. The fourth-order valence-corrected chi connectivity index (χ4v) is 2.75. The van der Waals surface area contributed by atoms with Gasteiger partial charge in [-0.1, -0.05) is 18.6 Å². The molecule has 0 spiro atoms. The minimum absolute atomic E-state index is 0.615. The van der Waals surface area contributed by atoms with Crippen molar-refractivity contribution in [2.24, 2.45) is 7.05 Å². The molecule has 0 atom stereocenters. The molecule has 1 saturated carbocycles. The van der Waals surface area contributed by atoms with Gasteiger partial charge in [-0.05, 0) is 25.0 Å². The van der Waals surface area contributed by atoms with Crippen molar-refractivity contribution in [3.05, 3.63) is 36.2 Å². The average Bonchev–Trinajstić information content (AvgIpc) is 2.90. The Morgan fingerprint density at radius 2 is 2.11 bits per heavy atom. The van der Waals surface area contributed by atoms with E-state index in [0.717, 1.165) is 22.4 Å². The van der Waals surface area contributed by atoms with E-state index in [-0.39, 0.29) is 0 Å². The molecule has 4 rings (SSSR count). The highest BCUT2D eigenvalue weighted by molar-refractivity contribution is 5.79. The van der Waals surface area contributed by atoms with Crippen molar-refractivity contribution >= 4 is 11.0 Å². The van der Waals surface area contributed by atoms with Crippen molar-refractivity contribution in [2.45, 2.75) is 25.2 Å². The average molecular weight is 252 g/mol. The fourth-order valence-electron chi connectivity index (χ4n) is 2.75. The Kier molecular flexibility index (Phi) is 2.24. The number of aromatic nitrogens is 4. The van der Waals surface area contributed by atoms with E-state index in [1.54, 1.807) is 0 Å². The molecular weight excluding hydrogens is 236 g/mol. The Morgan fingerprint density at radius 3 is 2.84 bits per heavy atom. The van der Waals surface area contributed by atoms with Crippen molar-refractivity contribution in [1.82, 2.24) is 19.7 Å². The van der Waals surface area contributed by atoms with Crippen LogP contribution in [0.25, 0.3) is 22.4 Å². The molecule has 4 heteroatoms. The molecule has 1 aromatic carbocycles. The zero-order valence-corrected chi connectivity index (χ0v) is 10.9. The molecule has 1 aliphatic carbocycles. The van der Waals surface area contributed by atoms with Crippen LogP contribution in [0.15, 0.2) is 30.5 Å². The highest BCUT2D eigenvalue weighted by Crippen LogP contribution is 2.39. The molecule has 2 aromatic heterocycles. The van der Waals surface area contributed by atoms with Crippen molar-refractivity contribution in [1.29, 1.82) is 0 Å². The first-order chi connectivity index (χ1) is 9.31. The van der Waals surface area contributed by atoms with Crippen LogP contribution >= 0.6 is 0 Å². The molecule has 3 aromatic rings. The molecule has 2 heterocycles. The number of nitrogens with zero attached hydrogens (tertiary/aromatic N) is 3. The highest BCUT2D eigenvalue weighted by atomic mass is 15.3. The second kappa shape index (κ2) is 3.95. The smallest absolute Gasteiger partial charge is 0.141 e. The third kappa shape index (κ3) is 1.67. The molecule has 0 bridgehead atoms. The summed E-state index contributed by atoms with van der Waals surface area (Å²) in [6, 6.07) is 8.14. The van der Waals surface area contributed by atoms with Gasteiger partial charge in [0.2, 0.25) is 0 Å². The largest absolute Gasteiger partial charge is 0.338 e. The van der Waals surface area contributed by atoms with Crippen LogP contribution in [0.2, 0.25) is 0 Å². The molecule has 1 aliphatic rings. The van der Waals surface area contributed by atoms with Gasteiger partial charge in [-0.15, -0.1) is 0 Å². The van der Waals surface area contributed by atoms with Gasteiger partial charge in [-0.25, -0.2) is 4.98 Å². The summed E-state index contributed by atoms with van der Waals surface area (Å²) in [7, 11) is 1.98. The van der Waals surface area contributed by atoms with Gasteiger partial charge in [0.15, 0.2) is 0 Å². The van der Waals surface area contributed by atoms with E-state index in [2.05, 4.69) is 27.3 Å². The first-order valence-corrected chi connectivity index (χ1v) is 6.80. The molecule has 0 radical (unpaired) electrons. The van der Waals surface area contributed by atoms with E-state index in [4.69, 9.17) is 0 Å². The monoisotopic (exact) mass is 252 g/mol. The van der Waals surface area contributed by atoms with Crippen LogP contribution in [0.4, 0.5) is 0 Å². The van der Waals surface area contributed by atoms with Gasteiger partial charge in [0.25, 0.3) is 0 Å². The number of hydrogen-bond donors (Lipinski definition) is 1. The Labute approximate surface area is 111 Å². The Balaban J connectivity index is 1.86. The van der Waals surface area contributed by atoms with Crippen molar-refractivity contribution < 1.29 is 0 Å². The number of imidazole rings is 1. The molecule has 0 aliphatic heterocycles. The summed E-state index contributed by atoms with van der Waals surface area (Å²) in [5.41, 5.74) is 4.46. The minimum atomic E-state index is 0.615. The number of aromatic amines is 1. The molecule has 96 valence electrons. The number of H-pyrrole nitrogens is 1. The minimum Gasteiger partial charge on any atom is -0.338 e. The molecular formula is C15H16N4. The van der Waals surface area contributed by atoms with Crippen LogP contribution in [0.1, 0.15) is 30.9 Å². The van der Waals surface area contributed by atoms with E-state index < -0.39 is 0 Å². The van der Waals surface area contributed by atoms with Gasteiger partial charge in [0.05, 0.1) is 22.3 Å². The number of nitrogens with one attached hydrogen (secondary N) is 1. The molecule has 0 amide bonds. The van der Waals surface area contributed by atoms with Crippen LogP contribution in [0.5, 0.6) is 0 Å². The summed E-state index contributed by atoms with van der Waals surface area (Å²) in [5, 5.41) is 4.64. The number of benzene rings is 1. The summed E-state index contributed by atoms with van der Waals surface area (Å²) in [6.45, 7) is 0. The maximum absolute atomic E-state index is 4.69. The van der Waals surface area contributed by atoms with Gasteiger partial charge in [-0.3, -0.25) is 4.68 Å². The standard InChI is InChI=1S/C15H16N4/c1-19-9-11(14(18-19)10-5-4-6-10)15-16-12-7-2-3-8-13(12)17-15/h2-3,7-10H,4-6H2,1H3,(H,16,17). The van der Waals surface area contributed by atoms with Crippen LogP contribution in [0.3, 0.4) is 0 Å². The molecule has 1 N–H and O–H groups in total. The second-order valence-corrected chi connectivity index (χ2v) is 5.33. The van der Waals surface area contributed by atoms with E-state index in [9.17, 15) is 0 Å². The Bertz CT molecular complexity index is 701. The molecule has 1 fully saturated rings. The van der Waals surface area contributed by atoms with Gasteiger partial charge < -0.3 is 4.98 Å². The predicted octanol–water partition coefficient (Wildman–Crippen LogP) is 3.23. The van der Waals surface area contributed by atoms with Gasteiger partial charge in [0, 0.05) is 19.2 Å². The van der Waals surface area contributed by atoms with Crippen molar-refractivity contribution in [3.63, 3.8) is 0 Å². The first kappa shape index (κ1) is 10.8. The quantitative estimate of drug-likeness (QED) is 0.761. The summed E-state index contributed by atoms with van der Waals surface area (Å²) >= 11 is 0. The zero-order chi connectivity index (χ0) is 12.8. The molecule has 19 heavy (non-hydrogen) atoms. The lowest BCUT2D eigenvalue weighted by atomic mass is 9.81. The number of aryl methyl sites for hydroxylation is 1. The summed E-state index contributed by atoms with van der Waals surface area (Å²) in [6.07, 6.45) is 5.90. The lowest BCUT2D eigenvalue weighted by Gasteiger charge is -2.24. The van der Waals surface area contributed by atoms with E-state index in [0.29, 0.717) is 5.92 Å². The molecule has 4 nitrogen and oxygen atoms in total. The normalized spacial score (nSPS) is 15.8. The SMILES string of the molecule is Cn1cc(-c2nc3ccccc3[nH]2)c(C2CCC2)n1. The molecule has 0 unspecified atom stereocenters. The second-order valence-electron chi connectivity index (χ2n) is 5.33. The maximum atomic E-state index is 4.69. The topological polar surface area (TPSA) is 46.5 Å². The predicted molar refractivity (Wildman–Crippen MR) is 74.9 cm³/mol. The third-order valence-corrected chi connectivity index (χ3v) is 3.99. The number of para-hydroxylation sites is 2. The number of hydrogen-bond acceptors (Lipinski definition) is 2. The van der Waals surface area contributed by atoms with Gasteiger partial charge >= 0.3 is 0 Å². The van der Waals surface area contributed by atoms with Crippen molar-refractivity contribution in [2.75, 3.05) is 0 Å². The third-order valence-electron chi connectivity index (χ3n) is 3.99.